The number of rotatable bonds is 4. The summed E-state index contributed by atoms with van der Waals surface area (Å²) in [7, 11) is 0. The summed E-state index contributed by atoms with van der Waals surface area (Å²) in [5.41, 5.74) is -0.887. The maximum Gasteiger partial charge on any atom is 0.509 e. The predicted molar refractivity (Wildman–Crippen MR) is 52.9 cm³/mol. The maximum atomic E-state index is 11.3. The summed E-state index contributed by atoms with van der Waals surface area (Å²) in [6.07, 6.45) is 2.71. The summed E-state index contributed by atoms with van der Waals surface area (Å²) in [5.74, 6) is 0.686. The van der Waals surface area contributed by atoms with E-state index in [9.17, 15) is 4.79 Å². The summed E-state index contributed by atoms with van der Waals surface area (Å²) in [5, 5.41) is 0. The lowest BCUT2D eigenvalue weighted by Gasteiger charge is -2.17. The van der Waals surface area contributed by atoms with Crippen molar-refractivity contribution in [3.63, 3.8) is 0 Å². The van der Waals surface area contributed by atoms with Gasteiger partial charge in [0, 0.05) is 0 Å². The second-order valence-electron chi connectivity index (χ2n) is 4.09. The van der Waals surface area contributed by atoms with E-state index in [4.69, 9.17) is 32.7 Å². The Hall–Kier alpha value is -0.150. The number of carbonyl (C=O) groups excluding carboxylic acids is 1. The summed E-state index contributed by atoms with van der Waals surface area (Å²) >= 11 is 11.3. The Bertz CT molecular complexity index is 222. The van der Waals surface area contributed by atoms with Crippen molar-refractivity contribution < 1.29 is 14.3 Å². The van der Waals surface area contributed by atoms with E-state index in [0.717, 1.165) is 25.7 Å². The van der Waals surface area contributed by atoms with Gasteiger partial charge < -0.3 is 9.47 Å². The number of hydrogen-bond acceptors (Lipinski definition) is 3. The van der Waals surface area contributed by atoms with Crippen LogP contribution in [0.5, 0.6) is 0 Å². The second kappa shape index (κ2) is 3.46. The highest BCUT2D eigenvalue weighted by Gasteiger charge is 2.51. The van der Waals surface area contributed by atoms with Crippen molar-refractivity contribution in [2.45, 2.75) is 36.9 Å². The molecule has 2 fully saturated rings. The Morgan fingerprint density at radius 2 is 1.36 bits per heavy atom. The van der Waals surface area contributed by atoms with Crippen LogP contribution in [0.1, 0.15) is 25.7 Å². The van der Waals surface area contributed by atoms with Gasteiger partial charge in [-0.15, -0.1) is 23.2 Å². The summed E-state index contributed by atoms with van der Waals surface area (Å²) < 4.78 is 10.2. The van der Waals surface area contributed by atoms with E-state index in [1.807, 2.05) is 0 Å². The van der Waals surface area contributed by atoms with Gasteiger partial charge >= 0.3 is 6.16 Å². The Balaban J connectivity index is 1.79. The number of carbonyl (C=O) groups is 1. The number of hydrogen-bond donors (Lipinski definition) is 0. The van der Waals surface area contributed by atoms with Crippen LogP contribution in [0, 0.1) is 0 Å². The lowest BCUT2D eigenvalue weighted by Crippen LogP contribution is -2.27. The lowest BCUT2D eigenvalue weighted by molar-refractivity contribution is -0.00622. The first kappa shape index (κ1) is 10.4. The van der Waals surface area contributed by atoms with Gasteiger partial charge in [-0.3, -0.25) is 0 Å². The average molecular weight is 239 g/mol. The first-order chi connectivity index (χ1) is 6.64. The zero-order valence-corrected chi connectivity index (χ0v) is 9.24. The number of halogens is 2. The van der Waals surface area contributed by atoms with Gasteiger partial charge in [0.05, 0.1) is 11.8 Å². The standard InChI is InChI=1S/C9H12Cl2O3/c10-5-8(1-2-8)13-7(12)14-9(6-11)3-4-9/h1-6H2. The summed E-state index contributed by atoms with van der Waals surface area (Å²) in [6.45, 7) is 0. The minimum atomic E-state index is -0.624. The lowest BCUT2D eigenvalue weighted by atomic mass is 10.4. The summed E-state index contributed by atoms with van der Waals surface area (Å²) in [4.78, 5) is 11.3. The number of alkyl halides is 2. The van der Waals surface area contributed by atoms with Crippen LogP contribution in [0.4, 0.5) is 4.79 Å². The highest BCUT2D eigenvalue weighted by atomic mass is 35.5. The van der Waals surface area contributed by atoms with Crippen molar-refractivity contribution in [3.05, 3.63) is 0 Å². The third kappa shape index (κ3) is 2.09. The molecule has 0 heterocycles. The first-order valence-electron chi connectivity index (χ1n) is 4.68. The van der Waals surface area contributed by atoms with Crippen LogP contribution < -0.4 is 0 Å². The molecule has 5 heteroatoms. The van der Waals surface area contributed by atoms with Gasteiger partial charge in [0.25, 0.3) is 0 Å². The highest BCUT2D eigenvalue weighted by molar-refractivity contribution is 6.19. The van der Waals surface area contributed by atoms with Gasteiger partial charge in [-0.2, -0.15) is 0 Å². The molecule has 80 valence electrons. The van der Waals surface area contributed by atoms with Crippen LogP contribution in [0.2, 0.25) is 0 Å². The van der Waals surface area contributed by atoms with Crippen LogP contribution >= 0.6 is 23.2 Å². The molecule has 0 aromatic rings. The van der Waals surface area contributed by atoms with Crippen molar-refractivity contribution in [1.82, 2.24) is 0 Å². The molecule has 14 heavy (non-hydrogen) atoms. The molecule has 0 amide bonds. The zero-order valence-electron chi connectivity index (χ0n) is 7.72. The fraction of sp³-hybridized carbons (Fsp3) is 0.889. The molecule has 2 rings (SSSR count). The Kier molecular flexibility index (Phi) is 2.56. The van der Waals surface area contributed by atoms with Crippen molar-refractivity contribution in [2.24, 2.45) is 0 Å². The Labute approximate surface area is 92.6 Å². The van der Waals surface area contributed by atoms with E-state index in [-0.39, 0.29) is 0 Å². The van der Waals surface area contributed by atoms with Crippen molar-refractivity contribution >= 4 is 29.4 Å². The molecule has 3 nitrogen and oxygen atoms in total. The molecule has 0 atom stereocenters. The van der Waals surface area contributed by atoms with Crippen molar-refractivity contribution in [3.8, 4) is 0 Å². The summed E-state index contributed by atoms with van der Waals surface area (Å²) in [6, 6.07) is 0. The second-order valence-corrected chi connectivity index (χ2v) is 4.62. The van der Waals surface area contributed by atoms with Crippen LogP contribution in [-0.4, -0.2) is 29.1 Å². The molecule has 0 N–H and O–H groups in total. The molecule has 2 saturated carbocycles. The van der Waals surface area contributed by atoms with Gasteiger partial charge in [0.2, 0.25) is 0 Å². The van der Waals surface area contributed by atoms with Crippen LogP contribution in [-0.2, 0) is 9.47 Å². The van der Waals surface area contributed by atoms with Crippen molar-refractivity contribution in [2.75, 3.05) is 11.8 Å². The van der Waals surface area contributed by atoms with Crippen LogP contribution in [0.15, 0.2) is 0 Å². The van der Waals surface area contributed by atoms with Crippen LogP contribution in [0.25, 0.3) is 0 Å². The Morgan fingerprint density at radius 3 is 1.57 bits per heavy atom. The monoisotopic (exact) mass is 238 g/mol. The van der Waals surface area contributed by atoms with Crippen LogP contribution in [0.3, 0.4) is 0 Å². The quantitative estimate of drug-likeness (QED) is 0.558. The van der Waals surface area contributed by atoms with Gasteiger partial charge in [-0.05, 0) is 25.7 Å². The molecule has 0 spiro atoms. The molecular formula is C9H12Cl2O3. The van der Waals surface area contributed by atoms with E-state index in [1.165, 1.54) is 0 Å². The SMILES string of the molecule is O=C(OC1(CCl)CC1)OC1(CCl)CC1. The minimum Gasteiger partial charge on any atom is -0.426 e. The predicted octanol–water partition coefficient (Wildman–Crippen LogP) is 2.68. The van der Waals surface area contributed by atoms with Gasteiger partial charge in [0.15, 0.2) is 0 Å². The molecular weight excluding hydrogens is 227 g/mol. The van der Waals surface area contributed by atoms with E-state index in [1.54, 1.807) is 0 Å². The Morgan fingerprint density at radius 1 is 1.00 bits per heavy atom. The number of ether oxygens (including phenoxy) is 2. The third-order valence-corrected chi connectivity index (χ3v) is 3.68. The van der Waals surface area contributed by atoms with E-state index >= 15 is 0 Å². The zero-order chi connectivity index (χ0) is 10.2. The van der Waals surface area contributed by atoms with E-state index in [0.29, 0.717) is 11.8 Å². The fourth-order valence-electron chi connectivity index (χ4n) is 1.18. The van der Waals surface area contributed by atoms with Crippen molar-refractivity contribution in [1.29, 1.82) is 0 Å². The van der Waals surface area contributed by atoms with Gasteiger partial charge in [-0.1, -0.05) is 0 Å². The molecule has 0 bridgehead atoms. The molecule has 2 aliphatic rings. The molecule has 0 radical (unpaired) electrons. The molecule has 0 aromatic heterocycles. The smallest absolute Gasteiger partial charge is 0.426 e. The van der Waals surface area contributed by atoms with E-state index < -0.39 is 17.4 Å². The maximum absolute atomic E-state index is 11.3. The molecule has 0 aromatic carbocycles. The van der Waals surface area contributed by atoms with Gasteiger partial charge in [0.1, 0.15) is 11.2 Å². The largest absolute Gasteiger partial charge is 0.509 e. The topological polar surface area (TPSA) is 35.5 Å². The fourth-order valence-corrected chi connectivity index (χ4v) is 1.82. The average Bonchev–Trinajstić information content (AvgIpc) is 3.04. The highest BCUT2D eigenvalue weighted by Crippen LogP contribution is 2.44. The van der Waals surface area contributed by atoms with E-state index in [2.05, 4.69) is 0 Å². The first-order valence-corrected chi connectivity index (χ1v) is 5.75. The molecule has 0 aliphatic heterocycles. The normalized spacial score (nSPS) is 25.3. The molecule has 2 aliphatic carbocycles. The molecule has 0 unspecified atom stereocenters. The third-order valence-electron chi connectivity index (χ3n) is 2.70. The minimum absolute atomic E-state index is 0.343. The molecule has 0 saturated heterocycles. The van der Waals surface area contributed by atoms with Gasteiger partial charge in [-0.25, -0.2) is 4.79 Å².